The van der Waals surface area contributed by atoms with Crippen molar-refractivity contribution < 1.29 is 9.59 Å². The van der Waals surface area contributed by atoms with Crippen LogP contribution in [0.25, 0.3) is 0 Å². The van der Waals surface area contributed by atoms with Crippen molar-refractivity contribution >= 4 is 29.3 Å². The maximum Gasteiger partial charge on any atom is 0.255 e. The minimum absolute atomic E-state index is 0.125. The first-order valence-corrected chi connectivity index (χ1v) is 9.21. The van der Waals surface area contributed by atoms with E-state index in [0.29, 0.717) is 18.5 Å². The zero-order valence-electron chi connectivity index (χ0n) is 13.6. The zero-order chi connectivity index (χ0) is 16.9. The van der Waals surface area contributed by atoms with E-state index in [1.165, 1.54) is 0 Å². The van der Waals surface area contributed by atoms with E-state index < -0.39 is 0 Å². The van der Waals surface area contributed by atoms with Gasteiger partial charge < -0.3 is 10.2 Å². The van der Waals surface area contributed by atoms with Crippen molar-refractivity contribution in [1.82, 2.24) is 4.90 Å². The molecule has 2 aromatic rings. The molecule has 1 N–H and O–H groups in total. The van der Waals surface area contributed by atoms with Crippen LogP contribution in [-0.4, -0.2) is 29.5 Å². The summed E-state index contributed by atoms with van der Waals surface area (Å²) in [7, 11) is 0. The molecule has 0 radical (unpaired) electrons. The highest BCUT2D eigenvalue weighted by Crippen LogP contribution is 2.25. The average Bonchev–Trinajstić information content (AvgIpc) is 3.01. The second kappa shape index (κ2) is 7.53. The van der Waals surface area contributed by atoms with Crippen LogP contribution in [0.4, 0.5) is 5.69 Å². The number of thioether (sulfide) groups is 1. The molecule has 2 amide bonds. The van der Waals surface area contributed by atoms with Gasteiger partial charge in [-0.25, -0.2) is 0 Å². The number of amides is 2. The van der Waals surface area contributed by atoms with Gasteiger partial charge in [-0.05, 0) is 42.5 Å². The normalized spacial score (nSPS) is 14.0. The Labute approximate surface area is 146 Å². The largest absolute Gasteiger partial charge is 0.338 e. The topological polar surface area (TPSA) is 49.4 Å². The Morgan fingerprint density at radius 3 is 2.58 bits per heavy atom. The number of rotatable bonds is 5. The summed E-state index contributed by atoms with van der Waals surface area (Å²) in [4.78, 5) is 27.0. The molecule has 0 bridgehead atoms. The summed E-state index contributed by atoms with van der Waals surface area (Å²) in [5, 5.41) is 2.95. The van der Waals surface area contributed by atoms with Gasteiger partial charge in [0, 0.05) is 30.0 Å². The first-order valence-electron chi connectivity index (χ1n) is 7.98. The number of hydrogen-bond donors (Lipinski definition) is 1. The van der Waals surface area contributed by atoms with Gasteiger partial charge in [0.15, 0.2) is 0 Å². The fraction of sp³-hybridized carbons (Fsp3) is 0.263. The molecule has 0 atom stereocenters. The van der Waals surface area contributed by atoms with Crippen molar-refractivity contribution in [3.05, 3.63) is 59.7 Å². The lowest BCUT2D eigenvalue weighted by Gasteiger charge is -2.15. The summed E-state index contributed by atoms with van der Waals surface area (Å²) in [6.45, 7) is 1.45. The smallest absolute Gasteiger partial charge is 0.255 e. The average molecular weight is 340 g/mol. The summed E-state index contributed by atoms with van der Waals surface area (Å²) < 4.78 is 0. The van der Waals surface area contributed by atoms with Gasteiger partial charge in [0.05, 0.1) is 5.69 Å². The van der Waals surface area contributed by atoms with Crippen LogP contribution in [-0.2, 0) is 11.3 Å². The van der Waals surface area contributed by atoms with E-state index in [-0.39, 0.29) is 11.8 Å². The van der Waals surface area contributed by atoms with Gasteiger partial charge in [-0.15, -0.1) is 11.8 Å². The maximum absolute atomic E-state index is 12.4. The molecule has 1 saturated heterocycles. The number of anilines is 1. The molecule has 24 heavy (non-hydrogen) atoms. The number of hydrogen-bond acceptors (Lipinski definition) is 3. The third-order valence-corrected chi connectivity index (χ3v) is 4.91. The van der Waals surface area contributed by atoms with Crippen LogP contribution in [0, 0.1) is 0 Å². The van der Waals surface area contributed by atoms with Gasteiger partial charge in [-0.3, -0.25) is 9.59 Å². The second-order valence-electron chi connectivity index (χ2n) is 5.77. The molecule has 5 heteroatoms. The van der Waals surface area contributed by atoms with Crippen LogP contribution in [0.5, 0.6) is 0 Å². The van der Waals surface area contributed by atoms with E-state index in [4.69, 9.17) is 0 Å². The molecule has 124 valence electrons. The third kappa shape index (κ3) is 3.79. The molecule has 4 nitrogen and oxygen atoms in total. The van der Waals surface area contributed by atoms with Crippen molar-refractivity contribution in [2.45, 2.75) is 24.3 Å². The molecule has 1 fully saturated rings. The summed E-state index contributed by atoms with van der Waals surface area (Å²) in [5.74, 6) is 0.0887. The van der Waals surface area contributed by atoms with Crippen LogP contribution in [0.15, 0.2) is 53.4 Å². The van der Waals surface area contributed by atoms with Gasteiger partial charge in [0.25, 0.3) is 5.91 Å². The molecule has 0 saturated carbocycles. The van der Waals surface area contributed by atoms with Crippen LogP contribution in [0.3, 0.4) is 0 Å². The Bertz CT molecular complexity index is 743. The Morgan fingerprint density at radius 2 is 1.92 bits per heavy atom. The number of benzene rings is 2. The predicted molar refractivity (Wildman–Crippen MR) is 97.3 cm³/mol. The molecule has 1 aliphatic rings. The molecule has 0 spiro atoms. The molecule has 0 aliphatic carbocycles. The standard InChI is InChI=1S/C19H20N2O2S/c1-24-17-6-3-2-5-16(17)20-19(23)15-10-8-14(9-11-15)13-21-12-4-7-18(21)22/h2-3,5-6,8-11H,4,7,12-13H2,1H3,(H,20,23). The molecule has 0 unspecified atom stereocenters. The van der Waals surface area contributed by atoms with Gasteiger partial charge in [-0.1, -0.05) is 24.3 Å². The summed E-state index contributed by atoms with van der Waals surface area (Å²) >= 11 is 1.60. The third-order valence-electron chi connectivity index (χ3n) is 4.12. The first-order chi connectivity index (χ1) is 11.7. The maximum atomic E-state index is 12.4. The van der Waals surface area contributed by atoms with E-state index in [9.17, 15) is 9.59 Å². The lowest BCUT2D eigenvalue weighted by Crippen LogP contribution is -2.23. The Morgan fingerprint density at radius 1 is 1.17 bits per heavy atom. The van der Waals surface area contributed by atoms with E-state index in [1.54, 1.807) is 11.8 Å². The van der Waals surface area contributed by atoms with Crippen molar-refractivity contribution in [1.29, 1.82) is 0 Å². The quantitative estimate of drug-likeness (QED) is 0.843. The fourth-order valence-corrected chi connectivity index (χ4v) is 3.35. The van der Waals surface area contributed by atoms with Gasteiger partial charge in [0.2, 0.25) is 5.91 Å². The molecular formula is C19H20N2O2S. The summed E-state index contributed by atoms with van der Waals surface area (Å²) in [6.07, 6.45) is 3.57. The van der Waals surface area contributed by atoms with Gasteiger partial charge in [-0.2, -0.15) is 0 Å². The van der Waals surface area contributed by atoms with Gasteiger partial charge >= 0.3 is 0 Å². The first kappa shape index (κ1) is 16.6. The molecule has 3 rings (SSSR count). The number of nitrogens with one attached hydrogen (secondary N) is 1. The highest BCUT2D eigenvalue weighted by Gasteiger charge is 2.20. The molecule has 1 heterocycles. The number of carbonyl (C=O) groups is 2. The van der Waals surface area contributed by atoms with Crippen molar-refractivity contribution in [2.24, 2.45) is 0 Å². The Hall–Kier alpha value is -2.27. The molecule has 0 aromatic heterocycles. The summed E-state index contributed by atoms with van der Waals surface area (Å²) in [6, 6.07) is 15.2. The predicted octanol–water partition coefficient (Wildman–Crippen LogP) is 3.78. The monoisotopic (exact) mass is 340 g/mol. The highest BCUT2D eigenvalue weighted by molar-refractivity contribution is 7.98. The van der Waals surface area contributed by atoms with Crippen molar-refractivity contribution in [3.8, 4) is 0 Å². The second-order valence-corrected chi connectivity index (χ2v) is 6.62. The number of carbonyl (C=O) groups excluding carboxylic acids is 2. The molecule has 2 aromatic carbocycles. The summed E-state index contributed by atoms with van der Waals surface area (Å²) in [5.41, 5.74) is 2.48. The van der Waals surface area contributed by atoms with Crippen LogP contribution >= 0.6 is 11.8 Å². The number of para-hydroxylation sites is 1. The highest BCUT2D eigenvalue weighted by atomic mass is 32.2. The number of nitrogens with zero attached hydrogens (tertiary/aromatic N) is 1. The van der Waals surface area contributed by atoms with Gasteiger partial charge in [0.1, 0.15) is 0 Å². The van der Waals surface area contributed by atoms with E-state index in [0.717, 1.165) is 29.1 Å². The minimum atomic E-state index is -0.125. The van der Waals surface area contributed by atoms with Crippen LogP contribution < -0.4 is 5.32 Å². The van der Waals surface area contributed by atoms with E-state index >= 15 is 0 Å². The fourth-order valence-electron chi connectivity index (χ4n) is 2.80. The lowest BCUT2D eigenvalue weighted by atomic mass is 10.1. The molecule has 1 aliphatic heterocycles. The van der Waals surface area contributed by atoms with E-state index in [2.05, 4.69) is 5.32 Å². The SMILES string of the molecule is CSc1ccccc1NC(=O)c1ccc(CN2CCCC2=O)cc1. The Balaban J connectivity index is 1.66. The molecular weight excluding hydrogens is 320 g/mol. The minimum Gasteiger partial charge on any atom is -0.338 e. The van der Waals surface area contributed by atoms with Crippen molar-refractivity contribution in [2.75, 3.05) is 18.1 Å². The Kier molecular flexibility index (Phi) is 5.20. The van der Waals surface area contributed by atoms with Crippen LogP contribution in [0.1, 0.15) is 28.8 Å². The van der Waals surface area contributed by atoms with Crippen molar-refractivity contribution in [3.63, 3.8) is 0 Å². The van der Waals surface area contributed by atoms with E-state index in [1.807, 2.05) is 59.7 Å². The lowest BCUT2D eigenvalue weighted by molar-refractivity contribution is -0.128. The van der Waals surface area contributed by atoms with Crippen LogP contribution in [0.2, 0.25) is 0 Å². The number of likely N-dealkylation sites (tertiary alicyclic amines) is 1. The zero-order valence-corrected chi connectivity index (χ0v) is 14.4.